The number of ketones is 1. The average Bonchev–Trinajstić information content (AvgIpc) is 2.38. The standard InChI is InChI=1S/C15H14N2O/c1-12-2-4-13(5-3-12)15(18)8-11-17-9-6-14(16)7-10-17/h2-11,16H,1H3/p+1. The van der Waals surface area contributed by atoms with Gasteiger partial charge in [0.25, 0.3) is 0 Å². The highest BCUT2D eigenvalue weighted by Gasteiger charge is 2.02. The second kappa shape index (κ2) is 5.27. The second-order valence-corrected chi connectivity index (χ2v) is 4.12. The molecule has 0 spiro atoms. The van der Waals surface area contributed by atoms with E-state index in [0.717, 1.165) is 5.56 Å². The average molecular weight is 239 g/mol. The Kier molecular flexibility index (Phi) is 3.53. The van der Waals surface area contributed by atoms with Crippen molar-refractivity contribution in [2.24, 2.45) is 0 Å². The maximum absolute atomic E-state index is 11.9. The summed E-state index contributed by atoms with van der Waals surface area (Å²) in [5.41, 5.74) is 8.11. The zero-order valence-electron chi connectivity index (χ0n) is 10.2. The van der Waals surface area contributed by atoms with Crippen LogP contribution in [-0.2, 0) is 0 Å². The highest BCUT2D eigenvalue weighted by Crippen LogP contribution is 2.04. The smallest absolute Gasteiger partial charge is 0.191 e. The molecule has 2 N–H and O–H groups in total. The molecular weight excluding hydrogens is 224 g/mol. The second-order valence-electron chi connectivity index (χ2n) is 4.12. The van der Waals surface area contributed by atoms with Gasteiger partial charge in [-0.3, -0.25) is 4.79 Å². The topological polar surface area (TPSA) is 47.0 Å². The van der Waals surface area contributed by atoms with Crippen LogP contribution in [0.25, 0.3) is 6.20 Å². The van der Waals surface area contributed by atoms with Crippen molar-refractivity contribution < 1.29 is 9.36 Å². The number of nitrogens with zero attached hydrogens (tertiary/aromatic N) is 1. The van der Waals surface area contributed by atoms with E-state index in [9.17, 15) is 4.79 Å². The predicted octanol–water partition coefficient (Wildman–Crippen LogP) is 2.22. The third kappa shape index (κ3) is 3.04. The van der Waals surface area contributed by atoms with Gasteiger partial charge in [0.15, 0.2) is 24.4 Å². The van der Waals surface area contributed by atoms with E-state index in [1.807, 2.05) is 31.2 Å². The maximum atomic E-state index is 11.9. The van der Waals surface area contributed by atoms with E-state index < -0.39 is 0 Å². The zero-order valence-corrected chi connectivity index (χ0v) is 10.2. The highest BCUT2D eigenvalue weighted by atomic mass is 16.1. The first-order valence-corrected chi connectivity index (χ1v) is 5.70. The largest absolute Gasteiger partial charge is 0.398 e. The Balaban J connectivity index is 2.11. The molecule has 2 rings (SSSR count). The van der Waals surface area contributed by atoms with Crippen LogP contribution < -0.4 is 10.3 Å². The molecule has 90 valence electrons. The first-order valence-electron chi connectivity index (χ1n) is 5.70. The minimum absolute atomic E-state index is 0.0145. The summed E-state index contributed by atoms with van der Waals surface area (Å²) < 4.78 is 1.78. The summed E-state index contributed by atoms with van der Waals surface area (Å²) in [4.78, 5) is 11.9. The Labute approximate surface area is 106 Å². The van der Waals surface area contributed by atoms with Gasteiger partial charge in [-0.15, -0.1) is 0 Å². The molecule has 0 radical (unpaired) electrons. The van der Waals surface area contributed by atoms with Crippen LogP contribution in [0.15, 0.2) is 54.9 Å². The summed E-state index contributed by atoms with van der Waals surface area (Å²) in [7, 11) is 0. The number of allylic oxidation sites excluding steroid dienone is 1. The van der Waals surface area contributed by atoms with Crippen LogP contribution in [0, 0.1) is 6.92 Å². The van der Waals surface area contributed by atoms with E-state index in [0.29, 0.717) is 11.3 Å². The summed E-state index contributed by atoms with van der Waals surface area (Å²) in [5.74, 6) is -0.0145. The van der Waals surface area contributed by atoms with Crippen LogP contribution in [-0.4, -0.2) is 5.78 Å². The lowest BCUT2D eigenvalue weighted by Gasteiger charge is -1.95. The monoisotopic (exact) mass is 239 g/mol. The van der Waals surface area contributed by atoms with Gasteiger partial charge in [-0.25, -0.2) is 0 Å². The molecule has 18 heavy (non-hydrogen) atoms. The zero-order chi connectivity index (χ0) is 13.0. The fourth-order valence-corrected chi connectivity index (χ4v) is 1.52. The number of anilines is 1. The summed E-state index contributed by atoms with van der Waals surface area (Å²) in [6.07, 6.45) is 6.85. The molecule has 0 saturated heterocycles. The van der Waals surface area contributed by atoms with Crippen molar-refractivity contribution in [1.82, 2.24) is 0 Å². The normalized spacial score (nSPS) is 10.7. The Morgan fingerprint density at radius 2 is 1.72 bits per heavy atom. The van der Waals surface area contributed by atoms with Crippen molar-refractivity contribution >= 4 is 17.7 Å². The molecular formula is C15H15N2O+. The summed E-state index contributed by atoms with van der Waals surface area (Å²) in [5, 5.41) is 0. The van der Waals surface area contributed by atoms with Gasteiger partial charge in [0.05, 0.1) is 6.08 Å². The number of benzene rings is 1. The predicted molar refractivity (Wildman–Crippen MR) is 71.9 cm³/mol. The van der Waals surface area contributed by atoms with Crippen LogP contribution in [0.4, 0.5) is 5.69 Å². The lowest BCUT2D eigenvalue weighted by atomic mass is 10.1. The van der Waals surface area contributed by atoms with Gasteiger partial charge in [-0.2, -0.15) is 4.57 Å². The van der Waals surface area contributed by atoms with Crippen molar-refractivity contribution in [3.8, 4) is 0 Å². The first kappa shape index (κ1) is 12.0. The number of aryl methyl sites for hydroxylation is 1. The third-order valence-corrected chi connectivity index (χ3v) is 2.61. The van der Waals surface area contributed by atoms with Crippen LogP contribution in [0.3, 0.4) is 0 Å². The number of nitrogen functional groups attached to an aromatic ring is 1. The lowest BCUT2D eigenvalue weighted by Crippen LogP contribution is -2.24. The van der Waals surface area contributed by atoms with Crippen molar-refractivity contribution in [3.63, 3.8) is 0 Å². The van der Waals surface area contributed by atoms with Crippen LogP contribution >= 0.6 is 0 Å². The van der Waals surface area contributed by atoms with Crippen LogP contribution in [0.2, 0.25) is 0 Å². The summed E-state index contributed by atoms with van der Waals surface area (Å²) in [6.45, 7) is 1.99. The van der Waals surface area contributed by atoms with Gasteiger partial charge in [0.1, 0.15) is 0 Å². The molecule has 0 atom stereocenters. The van der Waals surface area contributed by atoms with E-state index in [-0.39, 0.29) is 5.78 Å². The number of hydrogen-bond acceptors (Lipinski definition) is 2. The van der Waals surface area contributed by atoms with Gasteiger partial charge in [-0.1, -0.05) is 29.8 Å². The Morgan fingerprint density at radius 1 is 1.11 bits per heavy atom. The third-order valence-electron chi connectivity index (χ3n) is 2.61. The number of carbonyl (C=O) groups excluding carboxylic acids is 1. The molecule has 1 aromatic carbocycles. The fourth-order valence-electron chi connectivity index (χ4n) is 1.52. The van der Waals surface area contributed by atoms with Gasteiger partial charge >= 0.3 is 0 Å². The Hall–Kier alpha value is -2.42. The SMILES string of the molecule is Cc1ccc(C(=O)C=C[n+]2ccc(N)cc2)cc1. The maximum Gasteiger partial charge on any atom is 0.191 e. The van der Waals surface area contributed by atoms with Crippen LogP contribution in [0.1, 0.15) is 15.9 Å². The summed E-state index contributed by atoms with van der Waals surface area (Å²) >= 11 is 0. The van der Waals surface area contributed by atoms with Crippen LogP contribution in [0.5, 0.6) is 0 Å². The molecule has 3 nitrogen and oxygen atoms in total. The number of rotatable bonds is 3. The molecule has 1 aromatic heterocycles. The quantitative estimate of drug-likeness (QED) is 0.507. The van der Waals surface area contributed by atoms with E-state index in [1.165, 1.54) is 0 Å². The van der Waals surface area contributed by atoms with E-state index in [4.69, 9.17) is 5.73 Å². The number of aromatic nitrogens is 1. The van der Waals surface area contributed by atoms with Crippen molar-refractivity contribution in [2.45, 2.75) is 6.92 Å². The van der Waals surface area contributed by atoms with E-state index in [1.54, 1.807) is 41.4 Å². The van der Waals surface area contributed by atoms with E-state index >= 15 is 0 Å². The molecule has 0 unspecified atom stereocenters. The van der Waals surface area contributed by atoms with Gasteiger partial charge in [0, 0.05) is 23.4 Å². The molecule has 1 heterocycles. The minimum Gasteiger partial charge on any atom is -0.398 e. The van der Waals surface area contributed by atoms with Gasteiger partial charge in [-0.05, 0) is 6.92 Å². The molecule has 3 heteroatoms. The number of pyridine rings is 1. The number of carbonyl (C=O) groups is 1. The van der Waals surface area contributed by atoms with Crippen molar-refractivity contribution in [1.29, 1.82) is 0 Å². The number of nitrogens with two attached hydrogens (primary N) is 1. The first-order chi connectivity index (χ1) is 8.65. The minimum atomic E-state index is -0.0145. The Morgan fingerprint density at radius 3 is 2.33 bits per heavy atom. The number of hydrogen-bond donors (Lipinski definition) is 1. The molecule has 0 aliphatic carbocycles. The molecule has 0 aliphatic heterocycles. The fraction of sp³-hybridized carbons (Fsp3) is 0.0667. The lowest BCUT2D eigenvalue weighted by molar-refractivity contribution is -0.568. The molecule has 0 aliphatic rings. The summed E-state index contributed by atoms with van der Waals surface area (Å²) in [6, 6.07) is 11.1. The highest BCUT2D eigenvalue weighted by molar-refractivity contribution is 6.05. The molecule has 0 fully saturated rings. The Bertz CT molecular complexity index is 568. The molecule has 0 amide bonds. The van der Waals surface area contributed by atoms with Gasteiger partial charge < -0.3 is 5.73 Å². The van der Waals surface area contributed by atoms with E-state index in [2.05, 4.69) is 0 Å². The van der Waals surface area contributed by atoms with Gasteiger partial charge in [0.2, 0.25) is 0 Å². The van der Waals surface area contributed by atoms with Crippen molar-refractivity contribution in [2.75, 3.05) is 5.73 Å². The van der Waals surface area contributed by atoms with Crippen molar-refractivity contribution in [3.05, 3.63) is 66.0 Å². The molecule has 0 saturated carbocycles. The molecule has 2 aromatic rings. The molecule has 0 bridgehead atoms.